The van der Waals surface area contributed by atoms with Crippen molar-refractivity contribution in [3.8, 4) is 27.3 Å². The molecular formula is C32H30Cl2N2O3S2. The highest BCUT2D eigenvalue weighted by Gasteiger charge is 2.42. The smallest absolute Gasteiger partial charge is 0.263 e. The summed E-state index contributed by atoms with van der Waals surface area (Å²) in [6.07, 6.45) is 1.81. The number of likely N-dealkylation sites (tertiary alicyclic amines) is 1. The minimum absolute atomic E-state index is 0.0783. The van der Waals surface area contributed by atoms with Gasteiger partial charge >= 0.3 is 0 Å². The average molecular weight is 626 g/mol. The summed E-state index contributed by atoms with van der Waals surface area (Å²) in [7, 11) is 0. The maximum Gasteiger partial charge on any atom is 0.263 e. The third-order valence-electron chi connectivity index (χ3n) is 7.55. The van der Waals surface area contributed by atoms with Gasteiger partial charge in [-0.15, -0.1) is 11.3 Å². The molecule has 0 aliphatic carbocycles. The first kappa shape index (κ1) is 29.5. The SMILES string of the molecule is NC(=O)C1(c2ccccc2)CCN(C(=O)c2cc(-c3ccc(Cl)cc3Cl)c(-c3ccc(OCCCS)cc3)s2)CC1. The van der Waals surface area contributed by atoms with Crippen LogP contribution >= 0.6 is 47.2 Å². The van der Waals surface area contributed by atoms with Crippen LogP contribution in [0.2, 0.25) is 10.0 Å². The molecule has 5 nitrogen and oxygen atoms in total. The Morgan fingerprint density at radius 2 is 1.66 bits per heavy atom. The molecule has 1 saturated heterocycles. The largest absolute Gasteiger partial charge is 0.494 e. The molecule has 3 aromatic carbocycles. The number of benzene rings is 3. The molecule has 0 spiro atoms. The van der Waals surface area contributed by atoms with Gasteiger partial charge in [0.15, 0.2) is 0 Å². The Hall–Kier alpha value is -2.97. The predicted octanol–water partition coefficient (Wildman–Crippen LogP) is 7.75. The highest BCUT2D eigenvalue weighted by molar-refractivity contribution is 7.80. The minimum atomic E-state index is -0.780. The van der Waals surface area contributed by atoms with Gasteiger partial charge in [-0.3, -0.25) is 9.59 Å². The number of carbonyl (C=O) groups excluding carboxylic acids is 2. The minimum Gasteiger partial charge on any atom is -0.494 e. The van der Waals surface area contributed by atoms with Crippen molar-refractivity contribution in [2.45, 2.75) is 24.7 Å². The van der Waals surface area contributed by atoms with Crippen LogP contribution in [0.1, 0.15) is 34.5 Å². The van der Waals surface area contributed by atoms with Crippen molar-refractivity contribution < 1.29 is 14.3 Å². The van der Waals surface area contributed by atoms with Gasteiger partial charge in [0.05, 0.1) is 16.9 Å². The van der Waals surface area contributed by atoms with Crippen LogP contribution < -0.4 is 10.5 Å². The highest BCUT2D eigenvalue weighted by atomic mass is 35.5. The number of carbonyl (C=O) groups is 2. The molecule has 4 aromatic rings. The summed E-state index contributed by atoms with van der Waals surface area (Å²) in [6.45, 7) is 1.46. The summed E-state index contributed by atoms with van der Waals surface area (Å²) in [5.74, 6) is 1.11. The summed E-state index contributed by atoms with van der Waals surface area (Å²) in [5, 5.41) is 1.05. The third kappa shape index (κ3) is 6.28. The van der Waals surface area contributed by atoms with E-state index in [1.54, 1.807) is 12.1 Å². The summed E-state index contributed by atoms with van der Waals surface area (Å²) in [4.78, 5) is 29.8. The Kier molecular flexibility index (Phi) is 9.29. The first-order chi connectivity index (χ1) is 19.8. The van der Waals surface area contributed by atoms with E-state index in [0.29, 0.717) is 47.5 Å². The molecule has 1 aliphatic heterocycles. The Labute approximate surface area is 259 Å². The number of halogens is 2. The number of rotatable bonds is 9. The van der Waals surface area contributed by atoms with Crippen molar-refractivity contribution >= 4 is 59.0 Å². The number of amides is 2. The quantitative estimate of drug-likeness (QED) is 0.148. The van der Waals surface area contributed by atoms with Gasteiger partial charge < -0.3 is 15.4 Å². The molecule has 0 radical (unpaired) electrons. The second-order valence-corrected chi connectivity index (χ2v) is 12.4. The maximum atomic E-state index is 13.8. The molecule has 0 atom stereocenters. The zero-order chi connectivity index (χ0) is 29.0. The van der Waals surface area contributed by atoms with Crippen LogP contribution in [0.5, 0.6) is 5.75 Å². The third-order valence-corrected chi connectivity index (χ3v) is 9.59. The van der Waals surface area contributed by atoms with Gasteiger partial charge in [-0.25, -0.2) is 0 Å². The lowest BCUT2D eigenvalue weighted by atomic mass is 9.72. The average Bonchev–Trinajstić information content (AvgIpc) is 3.43. The lowest BCUT2D eigenvalue weighted by Crippen LogP contribution is -2.51. The molecule has 0 unspecified atom stereocenters. The van der Waals surface area contributed by atoms with Crippen LogP contribution in [-0.4, -0.2) is 42.2 Å². The molecule has 212 valence electrons. The number of piperidine rings is 1. The van der Waals surface area contributed by atoms with Gasteiger partial charge in [0.25, 0.3) is 5.91 Å². The van der Waals surface area contributed by atoms with Gasteiger partial charge in [0, 0.05) is 39.1 Å². The summed E-state index contributed by atoms with van der Waals surface area (Å²) < 4.78 is 5.80. The van der Waals surface area contributed by atoms with Crippen molar-refractivity contribution in [1.29, 1.82) is 0 Å². The molecule has 5 rings (SSSR count). The van der Waals surface area contributed by atoms with Crippen molar-refractivity contribution in [3.05, 3.63) is 99.3 Å². The van der Waals surface area contributed by atoms with Crippen LogP contribution in [-0.2, 0) is 10.2 Å². The normalized spacial score (nSPS) is 14.6. The van der Waals surface area contributed by atoms with E-state index in [1.807, 2.05) is 71.6 Å². The summed E-state index contributed by atoms with van der Waals surface area (Å²) in [6, 6.07) is 24.7. The molecule has 1 aromatic heterocycles. The number of hydrogen-bond acceptors (Lipinski definition) is 5. The van der Waals surface area contributed by atoms with Crippen molar-refractivity contribution in [3.63, 3.8) is 0 Å². The molecular weight excluding hydrogens is 595 g/mol. The van der Waals surface area contributed by atoms with E-state index in [4.69, 9.17) is 33.7 Å². The fourth-order valence-corrected chi connectivity index (χ4v) is 7.04. The van der Waals surface area contributed by atoms with Crippen LogP contribution in [0.15, 0.2) is 78.9 Å². The predicted molar refractivity (Wildman–Crippen MR) is 172 cm³/mol. The van der Waals surface area contributed by atoms with E-state index in [0.717, 1.165) is 45.1 Å². The first-order valence-electron chi connectivity index (χ1n) is 13.4. The number of ether oxygens (including phenoxy) is 1. The van der Waals surface area contributed by atoms with Crippen molar-refractivity contribution in [2.24, 2.45) is 5.73 Å². The number of primary amides is 1. The van der Waals surface area contributed by atoms with E-state index >= 15 is 0 Å². The maximum absolute atomic E-state index is 13.8. The lowest BCUT2D eigenvalue weighted by Gasteiger charge is -2.40. The molecule has 1 aliphatic rings. The lowest BCUT2D eigenvalue weighted by molar-refractivity contribution is -0.125. The van der Waals surface area contributed by atoms with E-state index in [9.17, 15) is 9.59 Å². The van der Waals surface area contributed by atoms with Gasteiger partial charge in [-0.05, 0) is 78.6 Å². The molecule has 2 heterocycles. The van der Waals surface area contributed by atoms with Crippen LogP contribution in [0.25, 0.3) is 21.6 Å². The Bertz CT molecular complexity index is 1530. The van der Waals surface area contributed by atoms with E-state index in [2.05, 4.69) is 12.6 Å². The number of thiol groups is 1. The van der Waals surface area contributed by atoms with Gasteiger partial charge in [0.2, 0.25) is 5.91 Å². The fraction of sp³-hybridized carbons (Fsp3) is 0.250. The number of hydrogen-bond donors (Lipinski definition) is 2. The second-order valence-electron chi connectivity index (χ2n) is 10.0. The molecule has 2 N–H and O–H groups in total. The summed E-state index contributed by atoms with van der Waals surface area (Å²) in [5.41, 5.74) is 8.64. The highest BCUT2D eigenvalue weighted by Crippen LogP contribution is 2.44. The molecule has 2 amide bonds. The van der Waals surface area contributed by atoms with Crippen LogP contribution in [0.3, 0.4) is 0 Å². The number of nitrogens with zero attached hydrogens (tertiary/aromatic N) is 1. The van der Waals surface area contributed by atoms with E-state index in [1.165, 1.54) is 11.3 Å². The second kappa shape index (κ2) is 12.9. The van der Waals surface area contributed by atoms with E-state index in [-0.39, 0.29) is 11.8 Å². The summed E-state index contributed by atoms with van der Waals surface area (Å²) >= 11 is 18.5. The van der Waals surface area contributed by atoms with Crippen molar-refractivity contribution in [1.82, 2.24) is 4.90 Å². The molecule has 9 heteroatoms. The van der Waals surface area contributed by atoms with Crippen molar-refractivity contribution in [2.75, 3.05) is 25.4 Å². The Morgan fingerprint density at radius 1 is 0.951 bits per heavy atom. The van der Waals surface area contributed by atoms with Gasteiger partial charge in [-0.1, -0.05) is 59.6 Å². The molecule has 0 bridgehead atoms. The van der Waals surface area contributed by atoms with E-state index < -0.39 is 5.41 Å². The standard InChI is InChI=1S/C32H30Cl2N2O3S2/c33-23-9-12-25(27(34)19-23)26-20-28(41-29(26)21-7-10-24(11-8-21)39-17-4-18-40)30(37)36-15-13-32(14-16-36,31(35)38)22-5-2-1-3-6-22/h1-3,5-12,19-20,40H,4,13-18H2,(H2,35,38). The monoisotopic (exact) mass is 624 g/mol. The zero-order valence-electron chi connectivity index (χ0n) is 22.3. The number of nitrogens with two attached hydrogens (primary N) is 1. The Morgan fingerprint density at radius 3 is 2.29 bits per heavy atom. The molecule has 0 saturated carbocycles. The topological polar surface area (TPSA) is 72.6 Å². The molecule has 1 fully saturated rings. The zero-order valence-corrected chi connectivity index (χ0v) is 25.5. The number of thiophene rings is 1. The molecule has 41 heavy (non-hydrogen) atoms. The Balaban J connectivity index is 1.44. The van der Waals surface area contributed by atoms with Gasteiger partial charge in [-0.2, -0.15) is 12.6 Å². The first-order valence-corrected chi connectivity index (χ1v) is 15.6. The fourth-order valence-electron chi connectivity index (χ4n) is 5.26. The van der Waals surface area contributed by atoms with Crippen LogP contribution in [0.4, 0.5) is 0 Å². The van der Waals surface area contributed by atoms with Crippen LogP contribution in [0, 0.1) is 0 Å². The van der Waals surface area contributed by atoms with Gasteiger partial charge in [0.1, 0.15) is 5.75 Å².